The molecule has 1 aromatic rings. The normalized spacial score (nSPS) is 10.5. The van der Waals surface area contributed by atoms with Crippen LogP contribution < -0.4 is 4.74 Å². The molecule has 0 atom stereocenters. The van der Waals surface area contributed by atoms with E-state index in [-0.39, 0.29) is 11.9 Å². The number of benzene rings is 1. The highest BCUT2D eigenvalue weighted by Gasteiger charge is 2.09. The lowest BCUT2D eigenvalue weighted by atomic mass is 10.1. The molecule has 0 amide bonds. The summed E-state index contributed by atoms with van der Waals surface area (Å²) in [4.78, 5) is 23.4. The standard InChI is InChI=1S/C20H30O4/c1-4-5-6-9-15-23-19(21)13-7-8-14-20(22)24-18-12-10-11-16(2)17(18)3/h10-12H,4-9,13-15H2,1-3H3. The fourth-order valence-corrected chi connectivity index (χ4v) is 2.33. The van der Waals surface area contributed by atoms with Gasteiger partial charge in [0, 0.05) is 12.8 Å². The third-order valence-corrected chi connectivity index (χ3v) is 4.05. The van der Waals surface area contributed by atoms with Gasteiger partial charge in [-0.05, 0) is 50.3 Å². The number of unbranched alkanes of at least 4 members (excludes halogenated alkanes) is 4. The largest absolute Gasteiger partial charge is 0.466 e. The molecule has 0 heterocycles. The fraction of sp³-hybridized carbons (Fsp3) is 0.600. The van der Waals surface area contributed by atoms with Gasteiger partial charge in [-0.15, -0.1) is 0 Å². The average Bonchev–Trinajstić information content (AvgIpc) is 2.56. The molecule has 134 valence electrons. The first-order valence-electron chi connectivity index (χ1n) is 8.97. The van der Waals surface area contributed by atoms with Crippen LogP contribution in [0.3, 0.4) is 0 Å². The second kappa shape index (κ2) is 11.7. The molecule has 1 aromatic carbocycles. The van der Waals surface area contributed by atoms with Gasteiger partial charge in [0.15, 0.2) is 0 Å². The van der Waals surface area contributed by atoms with E-state index in [1.807, 2.05) is 26.0 Å². The van der Waals surface area contributed by atoms with E-state index in [9.17, 15) is 9.59 Å². The van der Waals surface area contributed by atoms with Gasteiger partial charge in [-0.3, -0.25) is 9.59 Å². The Labute approximate surface area is 145 Å². The summed E-state index contributed by atoms with van der Waals surface area (Å²) >= 11 is 0. The Morgan fingerprint density at radius 2 is 1.62 bits per heavy atom. The number of rotatable bonds is 11. The number of ether oxygens (including phenoxy) is 2. The zero-order valence-corrected chi connectivity index (χ0v) is 15.2. The highest BCUT2D eigenvalue weighted by molar-refractivity contribution is 5.73. The van der Waals surface area contributed by atoms with Crippen LogP contribution in [0.2, 0.25) is 0 Å². The summed E-state index contributed by atoms with van der Waals surface area (Å²) in [5, 5.41) is 0. The highest BCUT2D eigenvalue weighted by atomic mass is 16.5. The summed E-state index contributed by atoms with van der Waals surface area (Å²) < 4.78 is 10.5. The number of hydrogen-bond acceptors (Lipinski definition) is 4. The molecular weight excluding hydrogens is 304 g/mol. The predicted molar refractivity (Wildman–Crippen MR) is 95.1 cm³/mol. The molecule has 0 bridgehead atoms. The minimum atomic E-state index is -0.253. The Kier molecular flexibility index (Phi) is 9.81. The Balaban J connectivity index is 2.13. The van der Waals surface area contributed by atoms with Crippen molar-refractivity contribution >= 4 is 11.9 Å². The van der Waals surface area contributed by atoms with Crippen molar-refractivity contribution in [3.05, 3.63) is 29.3 Å². The quantitative estimate of drug-likeness (QED) is 0.328. The van der Waals surface area contributed by atoms with Crippen LogP contribution in [-0.2, 0) is 14.3 Å². The van der Waals surface area contributed by atoms with Crippen molar-refractivity contribution < 1.29 is 19.1 Å². The molecular formula is C20H30O4. The molecule has 0 N–H and O–H groups in total. The Morgan fingerprint density at radius 1 is 0.917 bits per heavy atom. The molecule has 0 fully saturated rings. The summed E-state index contributed by atoms with van der Waals surface area (Å²) in [5.74, 6) is 0.192. The molecule has 24 heavy (non-hydrogen) atoms. The van der Waals surface area contributed by atoms with Crippen LogP contribution in [0.25, 0.3) is 0 Å². The van der Waals surface area contributed by atoms with Crippen molar-refractivity contribution in [1.29, 1.82) is 0 Å². The molecule has 0 aromatic heterocycles. The van der Waals surface area contributed by atoms with Crippen molar-refractivity contribution in [1.82, 2.24) is 0 Å². The van der Waals surface area contributed by atoms with Crippen molar-refractivity contribution in [2.24, 2.45) is 0 Å². The number of esters is 2. The van der Waals surface area contributed by atoms with E-state index in [1.54, 1.807) is 6.07 Å². The molecule has 0 saturated heterocycles. The lowest BCUT2D eigenvalue weighted by Crippen LogP contribution is -2.10. The van der Waals surface area contributed by atoms with Gasteiger partial charge in [-0.2, -0.15) is 0 Å². The molecule has 1 rings (SSSR count). The number of hydrogen-bond donors (Lipinski definition) is 0. The van der Waals surface area contributed by atoms with Crippen molar-refractivity contribution in [2.75, 3.05) is 6.61 Å². The van der Waals surface area contributed by atoms with Crippen molar-refractivity contribution in [2.45, 2.75) is 72.1 Å². The number of aryl methyl sites for hydroxylation is 1. The van der Waals surface area contributed by atoms with E-state index >= 15 is 0 Å². The summed E-state index contributed by atoms with van der Waals surface area (Å²) in [5.41, 5.74) is 2.08. The smallest absolute Gasteiger partial charge is 0.311 e. The van der Waals surface area contributed by atoms with Crippen LogP contribution in [0.1, 0.15) is 69.4 Å². The van der Waals surface area contributed by atoms with Crippen LogP contribution in [0.4, 0.5) is 0 Å². The number of carbonyl (C=O) groups is 2. The van der Waals surface area contributed by atoms with E-state index in [4.69, 9.17) is 9.47 Å². The van der Waals surface area contributed by atoms with E-state index in [2.05, 4.69) is 6.92 Å². The Bertz CT molecular complexity index is 522. The van der Waals surface area contributed by atoms with E-state index < -0.39 is 0 Å². The van der Waals surface area contributed by atoms with Crippen LogP contribution >= 0.6 is 0 Å². The Morgan fingerprint density at radius 3 is 2.33 bits per heavy atom. The molecule has 0 aliphatic rings. The van der Waals surface area contributed by atoms with Crippen LogP contribution in [-0.4, -0.2) is 18.5 Å². The summed E-state index contributed by atoms with van der Waals surface area (Å²) in [7, 11) is 0. The lowest BCUT2D eigenvalue weighted by molar-refractivity contribution is -0.144. The maximum absolute atomic E-state index is 11.9. The van der Waals surface area contributed by atoms with Crippen molar-refractivity contribution in [3.8, 4) is 5.75 Å². The molecule has 0 spiro atoms. The topological polar surface area (TPSA) is 52.6 Å². The van der Waals surface area contributed by atoms with E-state index in [0.29, 0.717) is 38.0 Å². The van der Waals surface area contributed by atoms with Crippen LogP contribution in [0, 0.1) is 13.8 Å². The summed E-state index contributed by atoms with van der Waals surface area (Å²) in [6, 6.07) is 5.66. The average molecular weight is 334 g/mol. The number of carbonyl (C=O) groups excluding carboxylic acids is 2. The zero-order chi connectivity index (χ0) is 17.8. The Hall–Kier alpha value is -1.84. The molecule has 0 aliphatic heterocycles. The molecule has 0 saturated carbocycles. The highest BCUT2D eigenvalue weighted by Crippen LogP contribution is 2.21. The van der Waals surface area contributed by atoms with Gasteiger partial charge in [0.25, 0.3) is 0 Å². The van der Waals surface area contributed by atoms with Crippen molar-refractivity contribution in [3.63, 3.8) is 0 Å². The first-order chi connectivity index (χ1) is 11.5. The maximum Gasteiger partial charge on any atom is 0.311 e. The monoisotopic (exact) mass is 334 g/mol. The van der Waals surface area contributed by atoms with Gasteiger partial charge in [0.2, 0.25) is 0 Å². The maximum atomic E-state index is 11.9. The molecule has 0 aliphatic carbocycles. The second-order valence-corrected chi connectivity index (χ2v) is 6.16. The van der Waals surface area contributed by atoms with Crippen LogP contribution in [0.15, 0.2) is 18.2 Å². The molecule has 0 unspecified atom stereocenters. The van der Waals surface area contributed by atoms with Gasteiger partial charge >= 0.3 is 11.9 Å². The predicted octanol–water partition coefficient (Wildman–Crippen LogP) is 4.89. The van der Waals surface area contributed by atoms with Gasteiger partial charge in [0.05, 0.1) is 6.61 Å². The first kappa shape index (κ1) is 20.2. The molecule has 0 radical (unpaired) electrons. The van der Waals surface area contributed by atoms with Gasteiger partial charge < -0.3 is 9.47 Å². The van der Waals surface area contributed by atoms with Crippen LogP contribution in [0.5, 0.6) is 5.75 Å². The minimum Gasteiger partial charge on any atom is -0.466 e. The third-order valence-electron chi connectivity index (χ3n) is 4.05. The molecule has 4 nitrogen and oxygen atoms in total. The van der Waals surface area contributed by atoms with Gasteiger partial charge in [0.1, 0.15) is 5.75 Å². The summed E-state index contributed by atoms with van der Waals surface area (Å²) in [6.07, 6.45) is 6.36. The van der Waals surface area contributed by atoms with E-state index in [0.717, 1.165) is 24.0 Å². The SMILES string of the molecule is CCCCCCOC(=O)CCCCC(=O)Oc1cccc(C)c1C. The second-order valence-electron chi connectivity index (χ2n) is 6.16. The van der Waals surface area contributed by atoms with Gasteiger partial charge in [-0.25, -0.2) is 0 Å². The lowest BCUT2D eigenvalue weighted by Gasteiger charge is -2.09. The molecule has 4 heteroatoms. The van der Waals surface area contributed by atoms with E-state index in [1.165, 1.54) is 12.8 Å². The minimum absolute atomic E-state index is 0.172. The summed E-state index contributed by atoms with van der Waals surface area (Å²) in [6.45, 7) is 6.58. The first-order valence-corrected chi connectivity index (χ1v) is 8.97. The zero-order valence-electron chi connectivity index (χ0n) is 15.2. The fourth-order valence-electron chi connectivity index (χ4n) is 2.33. The third kappa shape index (κ3) is 8.14. The van der Waals surface area contributed by atoms with Gasteiger partial charge in [-0.1, -0.05) is 38.3 Å².